The van der Waals surface area contributed by atoms with Crippen LogP contribution in [0.1, 0.15) is 63.4 Å². The highest BCUT2D eigenvalue weighted by atomic mass is 79.9. The first kappa shape index (κ1) is 22.0. The van der Waals surface area contributed by atoms with E-state index in [1.165, 1.54) is 5.56 Å². The molecule has 8 heteroatoms. The van der Waals surface area contributed by atoms with Gasteiger partial charge in [-0.15, -0.1) is 0 Å². The zero-order valence-electron chi connectivity index (χ0n) is 18.1. The highest BCUT2D eigenvalue weighted by molar-refractivity contribution is 9.10. The quantitative estimate of drug-likeness (QED) is 0.639. The zero-order valence-corrected chi connectivity index (χ0v) is 19.6. The lowest BCUT2D eigenvalue weighted by Gasteiger charge is -2.32. The molecule has 3 aliphatic heterocycles. The Kier molecular flexibility index (Phi) is 5.88. The SMILES string of the molecule is O=C1CCC(N2C(=O)c3ccc(CN4CCC(c5cccc(Br)c5)CC4)cc3C2=O)C(=O)N1. The van der Waals surface area contributed by atoms with E-state index in [9.17, 15) is 19.2 Å². The maximum Gasteiger partial charge on any atom is 0.262 e. The summed E-state index contributed by atoms with van der Waals surface area (Å²) in [6.07, 6.45) is 2.42. The minimum Gasteiger partial charge on any atom is -0.299 e. The van der Waals surface area contributed by atoms with E-state index in [1.807, 2.05) is 12.1 Å². The molecule has 1 unspecified atom stereocenters. The Morgan fingerprint density at radius 2 is 1.67 bits per heavy atom. The number of nitrogens with one attached hydrogen (secondary N) is 1. The number of carbonyl (C=O) groups is 4. The van der Waals surface area contributed by atoms with E-state index >= 15 is 0 Å². The van der Waals surface area contributed by atoms with Crippen molar-refractivity contribution in [2.45, 2.75) is 44.2 Å². The number of benzene rings is 2. The van der Waals surface area contributed by atoms with Gasteiger partial charge in [0.2, 0.25) is 11.8 Å². The molecule has 33 heavy (non-hydrogen) atoms. The van der Waals surface area contributed by atoms with E-state index in [2.05, 4.69) is 44.3 Å². The number of rotatable bonds is 4. The van der Waals surface area contributed by atoms with Crippen molar-refractivity contribution in [1.29, 1.82) is 0 Å². The average molecular weight is 510 g/mol. The summed E-state index contributed by atoms with van der Waals surface area (Å²) in [7, 11) is 0. The molecule has 3 aliphatic rings. The summed E-state index contributed by atoms with van der Waals surface area (Å²) in [6, 6.07) is 12.9. The van der Waals surface area contributed by atoms with Crippen molar-refractivity contribution in [3.63, 3.8) is 0 Å². The van der Waals surface area contributed by atoms with Crippen molar-refractivity contribution in [1.82, 2.24) is 15.1 Å². The van der Waals surface area contributed by atoms with Crippen LogP contribution in [0.3, 0.4) is 0 Å². The molecule has 5 rings (SSSR count). The van der Waals surface area contributed by atoms with Crippen LogP contribution in [0, 0.1) is 0 Å². The first-order chi connectivity index (χ1) is 15.9. The van der Waals surface area contributed by atoms with Gasteiger partial charge in [0, 0.05) is 17.4 Å². The van der Waals surface area contributed by atoms with Crippen LogP contribution in [0.2, 0.25) is 0 Å². The number of likely N-dealkylation sites (tertiary alicyclic amines) is 1. The molecule has 2 saturated heterocycles. The number of nitrogens with zero attached hydrogens (tertiary/aromatic N) is 2. The second-order valence-corrected chi connectivity index (χ2v) is 9.85. The number of fused-ring (bicyclic) bond motifs is 1. The molecule has 4 amide bonds. The lowest BCUT2D eigenvalue weighted by molar-refractivity contribution is -0.136. The van der Waals surface area contributed by atoms with Crippen molar-refractivity contribution in [3.8, 4) is 0 Å². The molecule has 3 heterocycles. The third-order valence-corrected chi connectivity index (χ3v) is 7.31. The molecule has 7 nitrogen and oxygen atoms in total. The smallest absolute Gasteiger partial charge is 0.262 e. The number of hydrogen-bond acceptors (Lipinski definition) is 5. The Morgan fingerprint density at radius 3 is 2.39 bits per heavy atom. The monoisotopic (exact) mass is 509 g/mol. The second-order valence-electron chi connectivity index (χ2n) is 8.93. The molecular weight excluding hydrogens is 486 g/mol. The van der Waals surface area contributed by atoms with Gasteiger partial charge in [-0.1, -0.05) is 34.1 Å². The largest absolute Gasteiger partial charge is 0.299 e. The van der Waals surface area contributed by atoms with E-state index in [1.54, 1.807) is 12.1 Å². The maximum absolute atomic E-state index is 13.0. The lowest BCUT2D eigenvalue weighted by atomic mass is 9.89. The van der Waals surface area contributed by atoms with Crippen LogP contribution in [0.5, 0.6) is 0 Å². The Hall–Kier alpha value is -2.84. The van der Waals surface area contributed by atoms with Gasteiger partial charge in [-0.25, -0.2) is 0 Å². The number of amides is 4. The van der Waals surface area contributed by atoms with Gasteiger partial charge >= 0.3 is 0 Å². The van der Waals surface area contributed by atoms with Crippen LogP contribution in [0.15, 0.2) is 46.9 Å². The lowest BCUT2D eigenvalue weighted by Crippen LogP contribution is -2.54. The molecule has 170 valence electrons. The number of piperidine rings is 2. The predicted molar refractivity (Wildman–Crippen MR) is 125 cm³/mol. The Labute approximate surface area is 200 Å². The van der Waals surface area contributed by atoms with Crippen LogP contribution in [-0.4, -0.2) is 52.6 Å². The van der Waals surface area contributed by atoms with Gasteiger partial charge in [-0.05, 0) is 73.7 Å². The second kappa shape index (κ2) is 8.83. The molecule has 0 bridgehead atoms. The third-order valence-electron chi connectivity index (χ3n) is 6.82. The van der Waals surface area contributed by atoms with E-state index in [4.69, 9.17) is 0 Å². The van der Waals surface area contributed by atoms with Gasteiger partial charge in [0.25, 0.3) is 11.8 Å². The Bertz CT molecular complexity index is 1160. The van der Waals surface area contributed by atoms with Crippen LogP contribution in [-0.2, 0) is 16.1 Å². The van der Waals surface area contributed by atoms with Crippen molar-refractivity contribution in [3.05, 3.63) is 69.2 Å². The normalized spacial score (nSPS) is 22.0. The minimum absolute atomic E-state index is 0.116. The minimum atomic E-state index is -0.935. The molecule has 1 atom stereocenters. The van der Waals surface area contributed by atoms with E-state index in [0.29, 0.717) is 23.6 Å². The van der Waals surface area contributed by atoms with Crippen molar-refractivity contribution in [2.24, 2.45) is 0 Å². The van der Waals surface area contributed by atoms with Crippen molar-refractivity contribution in [2.75, 3.05) is 13.1 Å². The van der Waals surface area contributed by atoms with Gasteiger partial charge < -0.3 is 0 Å². The first-order valence-corrected chi connectivity index (χ1v) is 12.0. The van der Waals surface area contributed by atoms with Crippen LogP contribution in [0.4, 0.5) is 0 Å². The highest BCUT2D eigenvalue weighted by Crippen LogP contribution is 2.32. The van der Waals surface area contributed by atoms with E-state index in [-0.39, 0.29) is 18.7 Å². The Morgan fingerprint density at radius 1 is 0.909 bits per heavy atom. The van der Waals surface area contributed by atoms with Gasteiger partial charge in [0.15, 0.2) is 0 Å². The summed E-state index contributed by atoms with van der Waals surface area (Å²) >= 11 is 3.55. The van der Waals surface area contributed by atoms with Crippen LogP contribution < -0.4 is 5.32 Å². The fourth-order valence-corrected chi connectivity index (χ4v) is 5.48. The molecule has 0 aliphatic carbocycles. The van der Waals surface area contributed by atoms with E-state index < -0.39 is 23.8 Å². The molecule has 0 saturated carbocycles. The summed E-state index contributed by atoms with van der Waals surface area (Å²) in [6.45, 7) is 2.63. The fourth-order valence-electron chi connectivity index (χ4n) is 5.06. The summed E-state index contributed by atoms with van der Waals surface area (Å²) < 4.78 is 1.10. The molecule has 2 aromatic rings. The molecular formula is C25H24BrN3O4. The van der Waals surface area contributed by atoms with Gasteiger partial charge in [-0.3, -0.25) is 34.3 Å². The fraction of sp³-hybridized carbons (Fsp3) is 0.360. The topological polar surface area (TPSA) is 86.8 Å². The average Bonchev–Trinajstić information content (AvgIpc) is 3.04. The zero-order chi connectivity index (χ0) is 23.1. The molecule has 2 aromatic carbocycles. The molecule has 0 spiro atoms. The Balaban J connectivity index is 1.26. The van der Waals surface area contributed by atoms with Gasteiger partial charge in [0.05, 0.1) is 11.1 Å². The summed E-state index contributed by atoms with van der Waals surface area (Å²) in [5, 5.41) is 2.22. The van der Waals surface area contributed by atoms with Crippen LogP contribution >= 0.6 is 15.9 Å². The highest BCUT2D eigenvalue weighted by Gasteiger charge is 2.44. The predicted octanol–water partition coefficient (Wildman–Crippen LogP) is 3.23. The third kappa shape index (κ3) is 4.25. The molecule has 1 N–H and O–H groups in total. The maximum atomic E-state index is 13.0. The molecule has 0 radical (unpaired) electrons. The molecule has 2 fully saturated rings. The summed E-state index contributed by atoms with van der Waals surface area (Å²) in [5.41, 5.74) is 2.99. The van der Waals surface area contributed by atoms with Crippen LogP contribution in [0.25, 0.3) is 0 Å². The standard InChI is InChI=1S/C25H24BrN3O4/c26-18-3-1-2-17(13-18)16-8-10-28(11-9-16)14-15-4-5-19-20(12-15)25(33)29(24(19)32)21-6-7-22(30)27-23(21)31/h1-5,12-13,16,21H,6-11,14H2,(H,27,30,31). The molecule has 0 aromatic heterocycles. The number of imide groups is 2. The number of halogens is 1. The van der Waals surface area contributed by atoms with Crippen molar-refractivity contribution >= 4 is 39.6 Å². The first-order valence-electron chi connectivity index (χ1n) is 11.2. The van der Waals surface area contributed by atoms with Gasteiger partial charge in [-0.2, -0.15) is 0 Å². The number of carbonyl (C=O) groups excluding carboxylic acids is 4. The number of hydrogen-bond donors (Lipinski definition) is 1. The van der Waals surface area contributed by atoms with Crippen molar-refractivity contribution < 1.29 is 19.2 Å². The summed E-state index contributed by atoms with van der Waals surface area (Å²) in [5.74, 6) is -1.35. The van der Waals surface area contributed by atoms with Gasteiger partial charge in [0.1, 0.15) is 6.04 Å². The van der Waals surface area contributed by atoms with E-state index in [0.717, 1.165) is 40.9 Å². The summed E-state index contributed by atoms with van der Waals surface area (Å²) in [4.78, 5) is 52.9.